The minimum atomic E-state index is 0.0936. The van der Waals surface area contributed by atoms with Crippen LogP contribution < -0.4 is 10.1 Å². The Bertz CT molecular complexity index is 630. The Kier molecular flexibility index (Phi) is 5.68. The number of benzene rings is 2. The molecule has 21 heavy (non-hydrogen) atoms. The third-order valence-electron chi connectivity index (χ3n) is 3.38. The molecule has 0 saturated carbocycles. The molecule has 2 aromatic rings. The van der Waals surface area contributed by atoms with Crippen LogP contribution in [0.2, 0.25) is 5.02 Å². The average Bonchev–Trinajstić information content (AvgIpc) is 2.46. The molecule has 0 spiro atoms. The third kappa shape index (κ3) is 3.79. The highest BCUT2D eigenvalue weighted by atomic mass is 79.9. The standard InChI is InChI=1S/C17H19BrClNO/c1-4-20-17(13-7-5-11(2)9-14(13)18)12-6-8-15(19)16(10-12)21-3/h5-10,17,20H,4H2,1-3H3. The highest BCUT2D eigenvalue weighted by Gasteiger charge is 2.17. The van der Waals surface area contributed by atoms with E-state index in [0.29, 0.717) is 10.8 Å². The highest BCUT2D eigenvalue weighted by Crippen LogP contribution is 2.33. The van der Waals surface area contributed by atoms with Crippen LogP contribution in [0.15, 0.2) is 40.9 Å². The summed E-state index contributed by atoms with van der Waals surface area (Å²) in [5.74, 6) is 0.695. The van der Waals surface area contributed by atoms with Crippen molar-refractivity contribution in [1.29, 1.82) is 0 Å². The van der Waals surface area contributed by atoms with Crippen LogP contribution in [0.25, 0.3) is 0 Å². The zero-order valence-corrected chi connectivity index (χ0v) is 14.8. The SMILES string of the molecule is CCNC(c1ccc(Cl)c(OC)c1)c1ccc(C)cc1Br. The third-order valence-corrected chi connectivity index (χ3v) is 4.38. The smallest absolute Gasteiger partial charge is 0.137 e. The molecular formula is C17H19BrClNO. The molecule has 112 valence electrons. The maximum Gasteiger partial charge on any atom is 0.137 e. The van der Waals surface area contributed by atoms with Gasteiger partial charge in [-0.05, 0) is 48.4 Å². The fourth-order valence-electron chi connectivity index (χ4n) is 2.33. The molecule has 0 heterocycles. The summed E-state index contributed by atoms with van der Waals surface area (Å²) in [5, 5.41) is 4.14. The second-order valence-electron chi connectivity index (χ2n) is 4.91. The molecule has 1 atom stereocenters. The van der Waals surface area contributed by atoms with E-state index in [2.05, 4.69) is 53.3 Å². The predicted octanol–water partition coefficient (Wildman–Crippen LogP) is 5.12. The van der Waals surface area contributed by atoms with Gasteiger partial charge in [0.15, 0.2) is 0 Å². The van der Waals surface area contributed by atoms with Crippen LogP contribution in [0.5, 0.6) is 5.75 Å². The van der Waals surface area contributed by atoms with Crippen molar-refractivity contribution >= 4 is 27.5 Å². The lowest BCUT2D eigenvalue weighted by Crippen LogP contribution is -2.22. The maximum atomic E-state index is 6.12. The van der Waals surface area contributed by atoms with Gasteiger partial charge in [-0.25, -0.2) is 0 Å². The molecule has 0 aromatic heterocycles. The number of aryl methyl sites for hydroxylation is 1. The van der Waals surface area contributed by atoms with Crippen LogP contribution in [-0.4, -0.2) is 13.7 Å². The monoisotopic (exact) mass is 367 g/mol. The van der Waals surface area contributed by atoms with Crippen molar-refractivity contribution in [3.05, 3.63) is 62.6 Å². The van der Waals surface area contributed by atoms with Crippen LogP contribution >= 0.6 is 27.5 Å². The van der Waals surface area contributed by atoms with Gasteiger partial charge in [0.25, 0.3) is 0 Å². The normalized spacial score (nSPS) is 12.2. The van der Waals surface area contributed by atoms with Crippen molar-refractivity contribution in [3.63, 3.8) is 0 Å². The van der Waals surface area contributed by atoms with E-state index in [1.54, 1.807) is 7.11 Å². The number of ether oxygens (including phenoxy) is 1. The van der Waals surface area contributed by atoms with Gasteiger partial charge < -0.3 is 10.1 Å². The van der Waals surface area contributed by atoms with Crippen molar-refractivity contribution in [3.8, 4) is 5.75 Å². The van der Waals surface area contributed by atoms with Gasteiger partial charge in [-0.15, -0.1) is 0 Å². The number of methoxy groups -OCH3 is 1. The first-order valence-electron chi connectivity index (χ1n) is 6.89. The summed E-state index contributed by atoms with van der Waals surface area (Å²) in [7, 11) is 1.63. The van der Waals surface area contributed by atoms with Crippen LogP contribution in [0, 0.1) is 6.92 Å². The highest BCUT2D eigenvalue weighted by molar-refractivity contribution is 9.10. The molecule has 2 rings (SSSR count). The first kappa shape index (κ1) is 16.3. The quantitative estimate of drug-likeness (QED) is 0.791. The Hall–Kier alpha value is -1.03. The first-order chi connectivity index (χ1) is 10.1. The molecule has 0 aliphatic heterocycles. The van der Waals surface area contributed by atoms with Crippen molar-refractivity contribution in [2.75, 3.05) is 13.7 Å². The van der Waals surface area contributed by atoms with E-state index in [1.807, 2.05) is 18.2 Å². The van der Waals surface area contributed by atoms with Gasteiger partial charge in [-0.2, -0.15) is 0 Å². The number of hydrogen-bond donors (Lipinski definition) is 1. The Labute approximate surface area is 139 Å². The van der Waals surface area contributed by atoms with E-state index < -0.39 is 0 Å². The molecule has 0 saturated heterocycles. The molecule has 4 heteroatoms. The number of rotatable bonds is 5. The predicted molar refractivity (Wildman–Crippen MR) is 92.4 cm³/mol. The van der Waals surface area contributed by atoms with Gasteiger partial charge in [0.2, 0.25) is 0 Å². The Morgan fingerprint density at radius 3 is 2.62 bits per heavy atom. The fraction of sp³-hybridized carbons (Fsp3) is 0.294. The molecule has 2 nitrogen and oxygen atoms in total. The van der Waals surface area contributed by atoms with E-state index in [4.69, 9.17) is 16.3 Å². The molecule has 1 unspecified atom stereocenters. The molecule has 2 aromatic carbocycles. The summed E-state index contributed by atoms with van der Waals surface area (Å²) in [6.45, 7) is 5.06. The van der Waals surface area contributed by atoms with E-state index >= 15 is 0 Å². The van der Waals surface area contributed by atoms with Gasteiger partial charge in [-0.3, -0.25) is 0 Å². The summed E-state index contributed by atoms with van der Waals surface area (Å²) in [5.41, 5.74) is 3.56. The van der Waals surface area contributed by atoms with Gasteiger partial charge in [0, 0.05) is 4.47 Å². The number of halogens is 2. The Morgan fingerprint density at radius 2 is 2.00 bits per heavy atom. The lowest BCUT2D eigenvalue weighted by molar-refractivity contribution is 0.414. The molecule has 1 N–H and O–H groups in total. The lowest BCUT2D eigenvalue weighted by atomic mass is 9.97. The Morgan fingerprint density at radius 1 is 1.24 bits per heavy atom. The minimum Gasteiger partial charge on any atom is -0.495 e. The van der Waals surface area contributed by atoms with Crippen LogP contribution in [0.3, 0.4) is 0 Å². The second kappa shape index (κ2) is 7.30. The van der Waals surface area contributed by atoms with Crippen LogP contribution in [0.1, 0.15) is 29.7 Å². The van der Waals surface area contributed by atoms with E-state index in [1.165, 1.54) is 11.1 Å². The topological polar surface area (TPSA) is 21.3 Å². The minimum absolute atomic E-state index is 0.0936. The van der Waals surface area contributed by atoms with E-state index in [0.717, 1.165) is 16.6 Å². The largest absolute Gasteiger partial charge is 0.495 e. The lowest BCUT2D eigenvalue weighted by Gasteiger charge is -2.21. The summed E-state index contributed by atoms with van der Waals surface area (Å²) < 4.78 is 6.43. The molecular weight excluding hydrogens is 350 g/mol. The van der Waals surface area contributed by atoms with Crippen molar-refractivity contribution in [2.45, 2.75) is 19.9 Å². The Balaban J connectivity index is 2.47. The zero-order valence-electron chi connectivity index (χ0n) is 12.4. The molecule has 0 amide bonds. The molecule has 0 bridgehead atoms. The van der Waals surface area contributed by atoms with Gasteiger partial charge in [-0.1, -0.05) is 52.7 Å². The second-order valence-corrected chi connectivity index (χ2v) is 6.17. The van der Waals surface area contributed by atoms with Gasteiger partial charge >= 0.3 is 0 Å². The van der Waals surface area contributed by atoms with Gasteiger partial charge in [0.05, 0.1) is 18.2 Å². The van der Waals surface area contributed by atoms with Crippen molar-refractivity contribution < 1.29 is 4.74 Å². The number of nitrogens with one attached hydrogen (secondary N) is 1. The van der Waals surface area contributed by atoms with E-state index in [9.17, 15) is 0 Å². The van der Waals surface area contributed by atoms with E-state index in [-0.39, 0.29) is 6.04 Å². The molecule has 0 radical (unpaired) electrons. The van der Waals surface area contributed by atoms with Crippen molar-refractivity contribution in [2.24, 2.45) is 0 Å². The summed E-state index contributed by atoms with van der Waals surface area (Å²) >= 11 is 9.79. The molecule has 0 aliphatic carbocycles. The van der Waals surface area contributed by atoms with Crippen LogP contribution in [-0.2, 0) is 0 Å². The molecule has 0 aliphatic rings. The van der Waals surface area contributed by atoms with Gasteiger partial charge in [0.1, 0.15) is 5.75 Å². The fourth-order valence-corrected chi connectivity index (χ4v) is 3.25. The number of hydrogen-bond acceptors (Lipinski definition) is 2. The average molecular weight is 369 g/mol. The first-order valence-corrected chi connectivity index (χ1v) is 8.06. The van der Waals surface area contributed by atoms with Crippen LogP contribution in [0.4, 0.5) is 0 Å². The zero-order chi connectivity index (χ0) is 15.4. The van der Waals surface area contributed by atoms with Crippen molar-refractivity contribution in [1.82, 2.24) is 5.32 Å². The maximum absolute atomic E-state index is 6.12. The molecule has 0 fully saturated rings. The summed E-state index contributed by atoms with van der Waals surface area (Å²) in [4.78, 5) is 0. The summed E-state index contributed by atoms with van der Waals surface area (Å²) in [6.07, 6.45) is 0. The summed E-state index contributed by atoms with van der Waals surface area (Å²) in [6, 6.07) is 12.4.